The van der Waals surface area contributed by atoms with Gasteiger partial charge in [-0.2, -0.15) is 0 Å². The summed E-state index contributed by atoms with van der Waals surface area (Å²) >= 11 is 1.35. The highest BCUT2D eigenvalue weighted by atomic mass is 32.1. The summed E-state index contributed by atoms with van der Waals surface area (Å²) in [6.07, 6.45) is 2.22. The highest BCUT2D eigenvalue weighted by Gasteiger charge is 2.22. The molecule has 5 nitrogen and oxygen atoms in total. The number of methoxy groups -OCH3 is 1. The van der Waals surface area contributed by atoms with Crippen molar-refractivity contribution in [3.05, 3.63) is 4.88 Å². The third-order valence-electron chi connectivity index (χ3n) is 3.48. The normalized spacial score (nSPS) is 13.6. The molecule has 0 saturated carbocycles. The fourth-order valence-corrected chi connectivity index (χ4v) is 3.31. The van der Waals surface area contributed by atoms with Gasteiger partial charge in [-0.1, -0.05) is 20.3 Å². The summed E-state index contributed by atoms with van der Waals surface area (Å²) in [5.74, 6) is 1.07. The van der Waals surface area contributed by atoms with Gasteiger partial charge in [-0.25, -0.2) is 0 Å². The molecule has 1 heterocycles. The lowest BCUT2D eigenvalue weighted by molar-refractivity contribution is 0.0960. The molecule has 1 aromatic rings. The number of rotatable bonds is 8. The summed E-state index contributed by atoms with van der Waals surface area (Å²) in [4.78, 5) is 12.5. The predicted octanol–water partition coefficient (Wildman–Crippen LogP) is 3.33. The highest BCUT2D eigenvalue weighted by Crippen LogP contribution is 2.42. The number of nitrogens with two attached hydrogens (primary N) is 1. The molecule has 0 aliphatic heterocycles. The van der Waals surface area contributed by atoms with Crippen LogP contribution in [0.1, 0.15) is 50.2 Å². The van der Waals surface area contributed by atoms with Gasteiger partial charge < -0.3 is 21.1 Å². The Kier molecular flexibility index (Phi) is 6.81. The lowest BCUT2D eigenvalue weighted by Crippen LogP contribution is -2.22. The number of anilines is 2. The van der Waals surface area contributed by atoms with Crippen LogP contribution in [0.5, 0.6) is 5.75 Å². The van der Waals surface area contributed by atoms with Gasteiger partial charge in [0.1, 0.15) is 15.6 Å². The second kappa shape index (κ2) is 8.12. The van der Waals surface area contributed by atoms with Gasteiger partial charge in [-0.15, -0.1) is 11.3 Å². The quantitative estimate of drug-likeness (QED) is 0.688. The lowest BCUT2D eigenvalue weighted by Gasteiger charge is -2.18. The summed E-state index contributed by atoms with van der Waals surface area (Å²) < 4.78 is 5.36. The van der Waals surface area contributed by atoms with E-state index in [2.05, 4.69) is 31.4 Å². The first-order valence-electron chi connectivity index (χ1n) is 7.45. The van der Waals surface area contributed by atoms with Crippen molar-refractivity contribution in [1.82, 2.24) is 5.32 Å². The fraction of sp³-hybridized carbons (Fsp3) is 0.667. The van der Waals surface area contributed by atoms with Gasteiger partial charge >= 0.3 is 0 Å². The van der Waals surface area contributed by atoms with Gasteiger partial charge in [0.15, 0.2) is 5.75 Å². The minimum atomic E-state index is -0.152. The van der Waals surface area contributed by atoms with E-state index in [0.717, 1.165) is 17.8 Å². The molecule has 0 bridgehead atoms. The second-order valence-electron chi connectivity index (χ2n) is 5.36. The van der Waals surface area contributed by atoms with Crippen LogP contribution in [0.2, 0.25) is 0 Å². The minimum Gasteiger partial charge on any atom is -0.492 e. The molecule has 0 saturated heterocycles. The molecule has 0 aliphatic carbocycles. The first kappa shape index (κ1) is 17.6. The van der Waals surface area contributed by atoms with Gasteiger partial charge in [-0.3, -0.25) is 4.79 Å². The number of nitrogen functional groups attached to an aromatic ring is 1. The average molecular weight is 313 g/mol. The van der Waals surface area contributed by atoms with E-state index in [1.54, 1.807) is 7.11 Å². The van der Waals surface area contributed by atoms with Gasteiger partial charge in [0.05, 0.1) is 7.11 Å². The topological polar surface area (TPSA) is 76.4 Å². The molecule has 4 N–H and O–H groups in total. The molecule has 0 fully saturated rings. The standard InChI is InChI=1S/C15H27N3O2S/c1-6-9(3)8-10(4)18-15-12(20-5)11(16)13(21-15)14(19)17-7-2/h9-10,18H,6-8,16H2,1-5H3,(H,17,19). The summed E-state index contributed by atoms with van der Waals surface area (Å²) in [7, 11) is 1.57. The SMILES string of the molecule is CCNC(=O)c1sc(NC(C)CC(C)CC)c(OC)c1N. The third-order valence-corrected chi connectivity index (χ3v) is 4.59. The maximum Gasteiger partial charge on any atom is 0.263 e. The van der Waals surface area contributed by atoms with Crippen LogP contribution in [0.3, 0.4) is 0 Å². The van der Waals surface area contributed by atoms with Crippen molar-refractivity contribution in [2.45, 2.75) is 46.6 Å². The molecule has 1 rings (SSSR count). The van der Waals surface area contributed by atoms with Crippen LogP contribution in [0.4, 0.5) is 10.7 Å². The highest BCUT2D eigenvalue weighted by molar-refractivity contribution is 7.19. The molecule has 2 unspecified atom stereocenters. The molecule has 0 aliphatic rings. The van der Waals surface area contributed by atoms with E-state index in [-0.39, 0.29) is 5.91 Å². The molecular formula is C15H27N3O2S. The van der Waals surface area contributed by atoms with E-state index in [4.69, 9.17) is 10.5 Å². The molecule has 0 aromatic carbocycles. The first-order chi connectivity index (χ1) is 9.94. The van der Waals surface area contributed by atoms with E-state index in [1.165, 1.54) is 11.3 Å². The summed E-state index contributed by atoms with van der Waals surface area (Å²) in [5.41, 5.74) is 6.44. The molecular weight excluding hydrogens is 286 g/mol. The van der Waals surface area contributed by atoms with Crippen molar-refractivity contribution in [3.8, 4) is 5.75 Å². The fourth-order valence-electron chi connectivity index (χ4n) is 2.19. The smallest absolute Gasteiger partial charge is 0.263 e. The number of hydrogen-bond donors (Lipinski definition) is 3. The van der Waals surface area contributed by atoms with Crippen LogP contribution in [0, 0.1) is 5.92 Å². The summed E-state index contributed by atoms with van der Waals surface area (Å²) in [6.45, 7) is 9.01. The average Bonchev–Trinajstić information content (AvgIpc) is 2.74. The number of carbonyl (C=O) groups excluding carboxylic acids is 1. The van der Waals surface area contributed by atoms with Gasteiger partial charge in [0, 0.05) is 12.6 Å². The van der Waals surface area contributed by atoms with E-state index in [1.807, 2.05) is 6.92 Å². The van der Waals surface area contributed by atoms with Crippen LogP contribution in [-0.4, -0.2) is 25.6 Å². The van der Waals surface area contributed by atoms with Crippen LogP contribution < -0.4 is 21.1 Å². The maximum atomic E-state index is 12.0. The minimum absolute atomic E-state index is 0.152. The van der Waals surface area contributed by atoms with Gasteiger partial charge in [0.25, 0.3) is 5.91 Å². The van der Waals surface area contributed by atoms with Crippen molar-refractivity contribution >= 4 is 27.9 Å². The molecule has 2 atom stereocenters. The maximum absolute atomic E-state index is 12.0. The predicted molar refractivity (Wildman–Crippen MR) is 90.4 cm³/mol. The molecule has 1 amide bonds. The Morgan fingerprint density at radius 3 is 2.57 bits per heavy atom. The zero-order chi connectivity index (χ0) is 16.0. The second-order valence-corrected chi connectivity index (χ2v) is 6.38. The van der Waals surface area contributed by atoms with E-state index >= 15 is 0 Å². The lowest BCUT2D eigenvalue weighted by atomic mass is 10.0. The Bertz CT molecular complexity index is 474. The van der Waals surface area contributed by atoms with E-state index in [0.29, 0.717) is 34.8 Å². The number of amides is 1. The molecule has 0 spiro atoms. The van der Waals surface area contributed by atoms with E-state index in [9.17, 15) is 4.79 Å². The van der Waals surface area contributed by atoms with Crippen molar-refractivity contribution in [1.29, 1.82) is 0 Å². The Morgan fingerprint density at radius 2 is 2.05 bits per heavy atom. The van der Waals surface area contributed by atoms with Crippen LogP contribution >= 0.6 is 11.3 Å². The zero-order valence-electron chi connectivity index (χ0n) is 13.6. The first-order valence-corrected chi connectivity index (χ1v) is 8.27. The van der Waals surface area contributed by atoms with Crippen molar-refractivity contribution < 1.29 is 9.53 Å². The zero-order valence-corrected chi connectivity index (χ0v) is 14.4. The van der Waals surface area contributed by atoms with Crippen LogP contribution in [0.15, 0.2) is 0 Å². The third kappa shape index (κ3) is 4.52. The monoisotopic (exact) mass is 313 g/mol. The molecule has 1 aromatic heterocycles. The van der Waals surface area contributed by atoms with Crippen LogP contribution in [0.25, 0.3) is 0 Å². The summed E-state index contributed by atoms with van der Waals surface area (Å²) in [5, 5.41) is 7.01. The molecule has 6 heteroatoms. The van der Waals surface area contributed by atoms with Gasteiger partial charge in [0.2, 0.25) is 0 Å². The largest absolute Gasteiger partial charge is 0.492 e. The Hall–Kier alpha value is -1.43. The Labute approximate surface area is 131 Å². The summed E-state index contributed by atoms with van der Waals surface area (Å²) in [6, 6.07) is 0.300. The van der Waals surface area contributed by atoms with Gasteiger partial charge in [-0.05, 0) is 26.2 Å². The Balaban J connectivity index is 2.91. The number of nitrogens with one attached hydrogen (secondary N) is 2. The number of thiophene rings is 1. The number of hydrogen-bond acceptors (Lipinski definition) is 5. The van der Waals surface area contributed by atoms with Crippen molar-refractivity contribution in [3.63, 3.8) is 0 Å². The molecule has 21 heavy (non-hydrogen) atoms. The molecule has 120 valence electrons. The number of ether oxygens (including phenoxy) is 1. The molecule has 0 radical (unpaired) electrons. The van der Waals surface area contributed by atoms with Crippen molar-refractivity contribution in [2.75, 3.05) is 24.7 Å². The van der Waals surface area contributed by atoms with Crippen LogP contribution in [-0.2, 0) is 0 Å². The Morgan fingerprint density at radius 1 is 1.38 bits per heavy atom. The van der Waals surface area contributed by atoms with Crippen molar-refractivity contribution in [2.24, 2.45) is 5.92 Å². The van der Waals surface area contributed by atoms with E-state index < -0.39 is 0 Å². The number of carbonyl (C=O) groups is 1.